The van der Waals surface area contributed by atoms with Gasteiger partial charge in [0.15, 0.2) is 0 Å². The molecular weight excluding hydrogens is 240 g/mol. The van der Waals surface area contributed by atoms with Crippen LogP contribution < -0.4 is 5.69 Å². The average Bonchev–Trinajstić information content (AvgIpc) is 2.71. The van der Waals surface area contributed by atoms with Gasteiger partial charge in [-0.05, 0) is 32.4 Å². The van der Waals surface area contributed by atoms with Gasteiger partial charge in [-0.15, -0.1) is 0 Å². The number of hydrogen-bond donors (Lipinski definition) is 0. The molecule has 1 aromatic heterocycles. The maximum absolute atomic E-state index is 12.3. The van der Waals surface area contributed by atoms with Crippen LogP contribution in [0.3, 0.4) is 0 Å². The average molecular weight is 258 g/mol. The molecule has 0 aliphatic rings. The van der Waals surface area contributed by atoms with Gasteiger partial charge in [0.1, 0.15) is 5.78 Å². The first-order valence-electron chi connectivity index (χ1n) is 6.38. The van der Waals surface area contributed by atoms with Crippen LogP contribution in [0.25, 0.3) is 5.69 Å². The third kappa shape index (κ3) is 2.67. The van der Waals surface area contributed by atoms with Crippen molar-refractivity contribution in [2.24, 2.45) is 0 Å². The van der Waals surface area contributed by atoms with E-state index < -0.39 is 0 Å². The van der Waals surface area contributed by atoms with Crippen molar-refractivity contribution < 1.29 is 4.79 Å². The smallest absolute Gasteiger partial charge is 0.300 e. The first kappa shape index (κ1) is 13.3. The molecule has 0 saturated carbocycles. The van der Waals surface area contributed by atoms with Crippen LogP contribution >= 0.6 is 0 Å². The molecule has 0 fully saturated rings. The molecule has 0 amide bonds. The number of aromatic nitrogens is 2. The Balaban J connectivity index is 2.53. The Morgan fingerprint density at radius 1 is 1.21 bits per heavy atom. The second-order valence-electron chi connectivity index (χ2n) is 4.96. The topological polar surface area (TPSA) is 44.0 Å². The van der Waals surface area contributed by atoms with Crippen molar-refractivity contribution in [1.29, 1.82) is 0 Å². The molecule has 0 aliphatic carbocycles. The van der Waals surface area contributed by atoms with Crippen LogP contribution in [0.2, 0.25) is 0 Å². The van der Waals surface area contributed by atoms with Crippen LogP contribution in [-0.4, -0.2) is 14.9 Å². The van der Waals surface area contributed by atoms with E-state index in [4.69, 9.17) is 0 Å². The molecule has 4 heteroatoms. The molecule has 0 N–H and O–H groups in total. The Bertz CT molecular complexity index is 650. The number of ketones is 1. The predicted molar refractivity (Wildman–Crippen MR) is 74.8 cm³/mol. The van der Waals surface area contributed by atoms with Crippen molar-refractivity contribution in [3.05, 3.63) is 52.7 Å². The Morgan fingerprint density at radius 2 is 1.89 bits per heavy atom. The van der Waals surface area contributed by atoms with Crippen molar-refractivity contribution in [3.63, 3.8) is 0 Å². The fourth-order valence-corrected chi connectivity index (χ4v) is 2.13. The van der Waals surface area contributed by atoms with Crippen LogP contribution in [0, 0.1) is 0 Å². The molecule has 0 saturated heterocycles. The second-order valence-corrected chi connectivity index (χ2v) is 4.96. The SMILES string of the molecule is CC(=O)Cc1ccccc1-n1ccn(C(C)C)c1=O. The minimum atomic E-state index is -0.0778. The molecular formula is C15H18N2O2. The summed E-state index contributed by atoms with van der Waals surface area (Å²) in [5.41, 5.74) is 1.58. The normalized spacial score (nSPS) is 10.9. The van der Waals surface area contributed by atoms with E-state index in [1.54, 1.807) is 28.5 Å². The van der Waals surface area contributed by atoms with Gasteiger partial charge in [0.25, 0.3) is 0 Å². The summed E-state index contributed by atoms with van der Waals surface area (Å²) in [4.78, 5) is 23.6. The summed E-state index contributed by atoms with van der Waals surface area (Å²) in [6.45, 7) is 5.49. The highest BCUT2D eigenvalue weighted by molar-refractivity contribution is 5.79. The summed E-state index contributed by atoms with van der Waals surface area (Å²) in [5, 5.41) is 0. The number of benzene rings is 1. The molecule has 100 valence electrons. The number of Topliss-reactive ketones (excluding diaryl/α,β-unsaturated/α-hetero) is 1. The van der Waals surface area contributed by atoms with Crippen molar-refractivity contribution in [2.75, 3.05) is 0 Å². The van der Waals surface area contributed by atoms with Gasteiger partial charge in [0.2, 0.25) is 0 Å². The third-order valence-electron chi connectivity index (χ3n) is 3.05. The van der Waals surface area contributed by atoms with Crippen LogP contribution in [0.15, 0.2) is 41.5 Å². The van der Waals surface area contributed by atoms with Crippen LogP contribution in [0.4, 0.5) is 0 Å². The van der Waals surface area contributed by atoms with Gasteiger partial charge < -0.3 is 0 Å². The number of nitrogens with zero attached hydrogens (tertiary/aromatic N) is 2. The molecule has 1 aromatic carbocycles. The Kier molecular flexibility index (Phi) is 3.69. The molecule has 0 aliphatic heterocycles. The van der Waals surface area contributed by atoms with Crippen LogP contribution in [0.5, 0.6) is 0 Å². The Hall–Kier alpha value is -2.10. The zero-order chi connectivity index (χ0) is 14.0. The molecule has 0 atom stereocenters. The summed E-state index contributed by atoms with van der Waals surface area (Å²) in [7, 11) is 0. The van der Waals surface area contributed by atoms with Crippen molar-refractivity contribution in [3.8, 4) is 5.69 Å². The molecule has 2 aromatic rings. The summed E-state index contributed by atoms with van der Waals surface area (Å²) in [5.74, 6) is 0.0868. The predicted octanol–water partition coefficient (Wildman–Crippen LogP) is 2.35. The van der Waals surface area contributed by atoms with E-state index in [2.05, 4.69) is 0 Å². The van der Waals surface area contributed by atoms with E-state index in [1.807, 2.05) is 38.1 Å². The Labute approximate surface area is 112 Å². The minimum Gasteiger partial charge on any atom is -0.300 e. The van der Waals surface area contributed by atoms with Gasteiger partial charge in [-0.25, -0.2) is 4.79 Å². The molecule has 2 rings (SSSR count). The lowest BCUT2D eigenvalue weighted by Gasteiger charge is -2.09. The van der Waals surface area contributed by atoms with Crippen LogP contribution in [-0.2, 0) is 11.2 Å². The summed E-state index contributed by atoms with van der Waals surface area (Å²) in [6.07, 6.45) is 3.87. The van der Waals surface area contributed by atoms with E-state index in [0.29, 0.717) is 6.42 Å². The third-order valence-corrected chi connectivity index (χ3v) is 3.05. The minimum absolute atomic E-state index is 0.0778. The summed E-state index contributed by atoms with van der Waals surface area (Å²) >= 11 is 0. The first-order valence-corrected chi connectivity index (χ1v) is 6.38. The lowest BCUT2D eigenvalue weighted by molar-refractivity contribution is -0.116. The fourth-order valence-electron chi connectivity index (χ4n) is 2.13. The number of carbonyl (C=O) groups excluding carboxylic acids is 1. The summed E-state index contributed by atoms with van der Waals surface area (Å²) < 4.78 is 3.27. The molecule has 19 heavy (non-hydrogen) atoms. The maximum atomic E-state index is 12.3. The van der Waals surface area contributed by atoms with Gasteiger partial charge in [-0.2, -0.15) is 0 Å². The molecule has 0 bridgehead atoms. The lowest BCUT2D eigenvalue weighted by Crippen LogP contribution is -2.25. The quantitative estimate of drug-likeness (QED) is 0.845. The second kappa shape index (κ2) is 5.26. The number of imidazole rings is 1. The molecule has 0 radical (unpaired) electrons. The number of hydrogen-bond acceptors (Lipinski definition) is 2. The van der Waals surface area contributed by atoms with E-state index in [0.717, 1.165) is 11.3 Å². The highest BCUT2D eigenvalue weighted by atomic mass is 16.1. The first-order chi connectivity index (χ1) is 9.00. The van der Waals surface area contributed by atoms with Gasteiger partial charge >= 0.3 is 5.69 Å². The standard InChI is InChI=1S/C15H18N2O2/c1-11(2)16-8-9-17(15(16)19)14-7-5-4-6-13(14)10-12(3)18/h4-9,11H,10H2,1-3H3. The van der Waals surface area contributed by atoms with E-state index in [9.17, 15) is 9.59 Å². The monoisotopic (exact) mass is 258 g/mol. The Morgan fingerprint density at radius 3 is 2.47 bits per heavy atom. The highest BCUT2D eigenvalue weighted by Crippen LogP contribution is 2.14. The molecule has 0 unspecified atom stereocenters. The van der Waals surface area contributed by atoms with E-state index in [1.165, 1.54) is 0 Å². The lowest BCUT2D eigenvalue weighted by atomic mass is 10.1. The van der Waals surface area contributed by atoms with Gasteiger partial charge in [0.05, 0.1) is 5.69 Å². The van der Waals surface area contributed by atoms with Gasteiger partial charge in [-0.3, -0.25) is 13.9 Å². The molecule has 0 spiro atoms. The van der Waals surface area contributed by atoms with E-state index >= 15 is 0 Å². The molecule has 4 nitrogen and oxygen atoms in total. The van der Waals surface area contributed by atoms with Crippen molar-refractivity contribution >= 4 is 5.78 Å². The zero-order valence-electron chi connectivity index (χ0n) is 11.5. The van der Waals surface area contributed by atoms with Crippen molar-refractivity contribution in [1.82, 2.24) is 9.13 Å². The zero-order valence-corrected chi connectivity index (χ0v) is 11.5. The number of rotatable bonds is 4. The highest BCUT2D eigenvalue weighted by Gasteiger charge is 2.11. The van der Waals surface area contributed by atoms with Gasteiger partial charge in [-0.1, -0.05) is 18.2 Å². The summed E-state index contributed by atoms with van der Waals surface area (Å²) in [6, 6.07) is 7.62. The molecule has 1 heterocycles. The van der Waals surface area contributed by atoms with Crippen LogP contribution in [0.1, 0.15) is 32.4 Å². The number of para-hydroxylation sites is 1. The maximum Gasteiger partial charge on any atom is 0.332 e. The van der Waals surface area contributed by atoms with E-state index in [-0.39, 0.29) is 17.5 Å². The number of carbonyl (C=O) groups is 1. The van der Waals surface area contributed by atoms with Gasteiger partial charge in [0, 0.05) is 24.9 Å². The van der Waals surface area contributed by atoms with Crippen molar-refractivity contribution in [2.45, 2.75) is 33.2 Å². The largest absolute Gasteiger partial charge is 0.332 e. The fraction of sp³-hybridized carbons (Fsp3) is 0.333.